The third-order valence-electron chi connectivity index (χ3n) is 7.96. The Balaban J connectivity index is 1.34. The van der Waals surface area contributed by atoms with Gasteiger partial charge < -0.3 is 10.2 Å². The Bertz CT molecular complexity index is 1730. The highest BCUT2D eigenvalue weighted by Gasteiger charge is 2.40. The zero-order valence-electron chi connectivity index (χ0n) is 22.6. The van der Waals surface area contributed by atoms with E-state index in [2.05, 4.69) is 9.97 Å². The summed E-state index contributed by atoms with van der Waals surface area (Å²) in [7, 11) is 0. The first-order valence-corrected chi connectivity index (χ1v) is 13.4. The Labute approximate surface area is 246 Å². The van der Waals surface area contributed by atoms with Gasteiger partial charge in [-0.2, -0.15) is 26.3 Å². The number of hydrogen-bond acceptors (Lipinski definition) is 5. The SMILES string of the molecule is O=C(c1ccnc(C2(O)CC=Cc3cc(C(F)(F)F)ccc32)c1)c1ccnc(C2(O)CC=Cc3cc(C(F)(F)F)ccc32)c1. The molecule has 2 aromatic heterocycles. The molecule has 0 radical (unpaired) electrons. The second-order valence-electron chi connectivity index (χ2n) is 10.7. The number of halogens is 6. The van der Waals surface area contributed by atoms with E-state index in [1.165, 1.54) is 73.1 Å². The molecule has 0 saturated carbocycles. The summed E-state index contributed by atoms with van der Waals surface area (Å²) in [6.07, 6.45) is -0.484. The number of pyridine rings is 2. The minimum atomic E-state index is -4.57. The molecule has 5 nitrogen and oxygen atoms in total. The summed E-state index contributed by atoms with van der Waals surface area (Å²) in [4.78, 5) is 22.1. The summed E-state index contributed by atoms with van der Waals surface area (Å²) >= 11 is 0. The lowest BCUT2D eigenvalue weighted by Gasteiger charge is -2.32. The molecule has 0 bridgehead atoms. The maximum absolute atomic E-state index is 13.6. The third kappa shape index (κ3) is 5.01. The first kappa shape index (κ1) is 29.5. The first-order chi connectivity index (χ1) is 20.7. The van der Waals surface area contributed by atoms with Gasteiger partial charge in [-0.1, -0.05) is 36.4 Å². The molecule has 6 rings (SSSR count). The van der Waals surface area contributed by atoms with Crippen molar-refractivity contribution in [2.75, 3.05) is 0 Å². The minimum absolute atomic E-state index is 0.00538. The van der Waals surface area contributed by atoms with Crippen LogP contribution in [0.5, 0.6) is 0 Å². The van der Waals surface area contributed by atoms with Gasteiger partial charge >= 0.3 is 12.4 Å². The molecule has 0 fully saturated rings. The molecule has 2 atom stereocenters. The average molecular weight is 609 g/mol. The number of rotatable bonds is 4. The third-order valence-corrected chi connectivity index (χ3v) is 7.96. The summed E-state index contributed by atoms with van der Waals surface area (Å²) in [6.45, 7) is 0. The fourth-order valence-electron chi connectivity index (χ4n) is 5.69. The number of fused-ring (bicyclic) bond motifs is 2. The van der Waals surface area contributed by atoms with E-state index in [1.54, 1.807) is 0 Å². The lowest BCUT2D eigenvalue weighted by Crippen LogP contribution is -2.31. The van der Waals surface area contributed by atoms with Gasteiger partial charge in [0.05, 0.1) is 22.5 Å². The Hall–Kier alpha value is -4.61. The normalized spacial score (nSPS) is 21.1. The fourth-order valence-corrected chi connectivity index (χ4v) is 5.69. The van der Waals surface area contributed by atoms with Crippen molar-refractivity contribution in [3.8, 4) is 0 Å². The fraction of sp³-hybridized carbons (Fsp3) is 0.182. The Kier molecular flexibility index (Phi) is 6.86. The molecular weight excluding hydrogens is 586 g/mol. The second kappa shape index (κ2) is 10.2. The van der Waals surface area contributed by atoms with Crippen LogP contribution in [0.25, 0.3) is 12.2 Å². The van der Waals surface area contributed by atoms with E-state index in [0.29, 0.717) is 0 Å². The van der Waals surface area contributed by atoms with Crippen LogP contribution in [0.1, 0.15) is 73.5 Å². The van der Waals surface area contributed by atoms with Crippen LogP contribution in [-0.4, -0.2) is 26.0 Å². The first-order valence-electron chi connectivity index (χ1n) is 13.4. The number of aromatic nitrogens is 2. The number of hydrogen-bond donors (Lipinski definition) is 2. The molecule has 2 N–H and O–H groups in total. The molecule has 2 aliphatic carbocycles. The van der Waals surface area contributed by atoms with E-state index in [4.69, 9.17) is 0 Å². The molecule has 2 heterocycles. The zero-order valence-corrected chi connectivity index (χ0v) is 22.6. The maximum atomic E-state index is 13.6. The van der Waals surface area contributed by atoms with E-state index in [1.807, 2.05) is 0 Å². The maximum Gasteiger partial charge on any atom is 0.416 e. The number of nitrogens with zero attached hydrogens (tertiary/aromatic N) is 2. The van der Waals surface area contributed by atoms with E-state index < -0.39 is 40.5 Å². The number of ketones is 1. The highest BCUT2D eigenvalue weighted by Crippen LogP contribution is 2.43. The van der Waals surface area contributed by atoms with Gasteiger partial charge in [-0.3, -0.25) is 14.8 Å². The van der Waals surface area contributed by atoms with E-state index in [9.17, 15) is 41.4 Å². The predicted molar refractivity (Wildman–Crippen MR) is 148 cm³/mol. The van der Waals surface area contributed by atoms with Crippen LogP contribution in [0.15, 0.2) is 85.2 Å². The van der Waals surface area contributed by atoms with Crippen LogP contribution in [0.3, 0.4) is 0 Å². The molecule has 0 aliphatic heterocycles. The lowest BCUT2D eigenvalue weighted by molar-refractivity contribution is -0.138. The lowest BCUT2D eigenvalue weighted by atomic mass is 9.79. The Morgan fingerprint density at radius 2 is 1.05 bits per heavy atom. The van der Waals surface area contributed by atoms with Crippen molar-refractivity contribution in [2.45, 2.75) is 36.4 Å². The molecule has 0 amide bonds. The molecule has 224 valence electrons. The van der Waals surface area contributed by atoms with Crippen molar-refractivity contribution in [3.63, 3.8) is 0 Å². The van der Waals surface area contributed by atoms with Crippen LogP contribution in [0, 0.1) is 0 Å². The van der Waals surface area contributed by atoms with Crippen LogP contribution in [0.4, 0.5) is 26.3 Å². The number of carbonyl (C=O) groups is 1. The summed E-state index contributed by atoms with van der Waals surface area (Å²) in [5, 5.41) is 23.3. The van der Waals surface area contributed by atoms with E-state index in [-0.39, 0.29) is 57.6 Å². The van der Waals surface area contributed by atoms with Crippen LogP contribution < -0.4 is 0 Å². The summed E-state index contributed by atoms with van der Waals surface area (Å²) < 4.78 is 79.7. The topological polar surface area (TPSA) is 83.3 Å². The Morgan fingerprint density at radius 3 is 1.43 bits per heavy atom. The molecule has 2 unspecified atom stereocenters. The molecule has 0 saturated heterocycles. The number of aliphatic hydroxyl groups is 2. The molecule has 11 heteroatoms. The monoisotopic (exact) mass is 608 g/mol. The van der Waals surface area contributed by atoms with Crippen molar-refractivity contribution in [1.29, 1.82) is 0 Å². The van der Waals surface area contributed by atoms with E-state index >= 15 is 0 Å². The van der Waals surface area contributed by atoms with Gasteiger partial charge in [0, 0.05) is 36.4 Å². The van der Waals surface area contributed by atoms with Crippen molar-refractivity contribution >= 4 is 17.9 Å². The molecule has 44 heavy (non-hydrogen) atoms. The van der Waals surface area contributed by atoms with Gasteiger partial charge in [-0.05, 0) is 70.8 Å². The molecule has 2 aromatic carbocycles. The summed E-state index contributed by atoms with van der Waals surface area (Å²) in [5.74, 6) is -0.525. The summed E-state index contributed by atoms with van der Waals surface area (Å²) in [5.41, 5.74) is -4.29. The van der Waals surface area contributed by atoms with Gasteiger partial charge in [0.2, 0.25) is 0 Å². The molecule has 4 aromatic rings. The van der Waals surface area contributed by atoms with Gasteiger partial charge in [0.25, 0.3) is 0 Å². The molecule has 2 aliphatic rings. The van der Waals surface area contributed by atoms with Gasteiger partial charge in [0.15, 0.2) is 5.78 Å². The van der Waals surface area contributed by atoms with Crippen molar-refractivity contribution < 1.29 is 41.4 Å². The van der Waals surface area contributed by atoms with Crippen molar-refractivity contribution in [1.82, 2.24) is 9.97 Å². The number of benzene rings is 2. The average Bonchev–Trinajstić information content (AvgIpc) is 3.00. The van der Waals surface area contributed by atoms with Gasteiger partial charge in [-0.15, -0.1) is 0 Å². The second-order valence-corrected chi connectivity index (χ2v) is 10.7. The van der Waals surface area contributed by atoms with Crippen LogP contribution in [-0.2, 0) is 23.6 Å². The van der Waals surface area contributed by atoms with Crippen LogP contribution in [0.2, 0.25) is 0 Å². The number of carbonyl (C=O) groups excluding carboxylic acids is 1. The Morgan fingerprint density at radius 1 is 0.636 bits per heavy atom. The largest absolute Gasteiger partial charge is 0.416 e. The quantitative estimate of drug-likeness (QED) is 0.192. The van der Waals surface area contributed by atoms with Crippen LogP contribution >= 0.6 is 0 Å². The standard InChI is InChI=1S/C33H22F6N2O3/c34-32(35,36)23-5-7-25-19(15-23)3-1-11-30(25,43)27-17-21(9-13-40-27)29(42)22-10-14-41-28(18-22)31(44)12-2-4-20-16-24(33(37,38)39)6-8-26(20)31/h1-10,13-18,43-44H,11-12H2. The highest BCUT2D eigenvalue weighted by atomic mass is 19.4. The van der Waals surface area contributed by atoms with Crippen molar-refractivity contribution in [3.05, 3.63) is 141 Å². The minimum Gasteiger partial charge on any atom is -0.378 e. The van der Waals surface area contributed by atoms with Gasteiger partial charge in [0.1, 0.15) is 11.2 Å². The summed E-state index contributed by atoms with van der Waals surface area (Å²) in [6, 6.07) is 11.6. The molecule has 0 spiro atoms. The molecular formula is C33H22F6N2O3. The van der Waals surface area contributed by atoms with Gasteiger partial charge in [-0.25, -0.2) is 0 Å². The van der Waals surface area contributed by atoms with Crippen molar-refractivity contribution in [2.24, 2.45) is 0 Å². The number of alkyl halides is 6. The van der Waals surface area contributed by atoms with E-state index in [0.717, 1.165) is 24.3 Å². The zero-order chi connectivity index (χ0) is 31.5. The highest BCUT2D eigenvalue weighted by molar-refractivity contribution is 6.09. The smallest absolute Gasteiger partial charge is 0.378 e. The predicted octanol–water partition coefficient (Wildman–Crippen LogP) is 7.05.